The van der Waals surface area contributed by atoms with Crippen molar-refractivity contribution in [2.24, 2.45) is 0 Å². The summed E-state index contributed by atoms with van der Waals surface area (Å²) in [5.74, 6) is -0.157. The van der Waals surface area contributed by atoms with Gasteiger partial charge in [0.05, 0.1) is 0 Å². The van der Waals surface area contributed by atoms with Crippen LogP contribution in [0.25, 0.3) is 0 Å². The third kappa shape index (κ3) is 2.02. The number of rotatable bonds is 2. The molecular formula is C7H10N4OS. The van der Waals surface area contributed by atoms with E-state index in [-0.39, 0.29) is 5.91 Å². The van der Waals surface area contributed by atoms with Crippen LogP contribution in [0.15, 0.2) is 5.38 Å². The molecule has 0 spiro atoms. The molecule has 0 aromatic carbocycles. The summed E-state index contributed by atoms with van der Waals surface area (Å²) in [5, 5.41) is 7.25. The molecule has 1 fully saturated rings. The van der Waals surface area contributed by atoms with Crippen LogP contribution in [0.4, 0.5) is 0 Å². The fourth-order valence-corrected chi connectivity index (χ4v) is 1.73. The van der Waals surface area contributed by atoms with Crippen LogP contribution in [0.3, 0.4) is 0 Å². The summed E-state index contributed by atoms with van der Waals surface area (Å²) in [6.45, 7) is 1.87. The van der Waals surface area contributed by atoms with Gasteiger partial charge in [0.1, 0.15) is 0 Å². The van der Waals surface area contributed by atoms with Gasteiger partial charge in [-0.1, -0.05) is 4.49 Å². The molecule has 13 heavy (non-hydrogen) atoms. The summed E-state index contributed by atoms with van der Waals surface area (Å²) in [4.78, 5) is 11.4. The van der Waals surface area contributed by atoms with Crippen molar-refractivity contribution in [3.8, 4) is 0 Å². The Hall–Kier alpha value is -1.01. The van der Waals surface area contributed by atoms with Crippen LogP contribution >= 0.6 is 11.5 Å². The second kappa shape index (κ2) is 3.80. The van der Waals surface area contributed by atoms with Crippen molar-refractivity contribution in [3.05, 3.63) is 11.1 Å². The minimum atomic E-state index is -0.157. The SMILES string of the molecule is O=C(NN1CCCC1)c1csnn1. The Bertz CT molecular complexity index is 281. The lowest BCUT2D eigenvalue weighted by molar-refractivity contribution is 0.0820. The van der Waals surface area contributed by atoms with Gasteiger partial charge in [0.25, 0.3) is 5.91 Å². The van der Waals surface area contributed by atoms with Crippen LogP contribution in [-0.2, 0) is 0 Å². The van der Waals surface area contributed by atoms with Gasteiger partial charge in [0.15, 0.2) is 5.69 Å². The maximum Gasteiger partial charge on any atom is 0.287 e. The van der Waals surface area contributed by atoms with E-state index in [0.29, 0.717) is 5.69 Å². The van der Waals surface area contributed by atoms with E-state index in [4.69, 9.17) is 0 Å². The molecular weight excluding hydrogens is 188 g/mol. The zero-order valence-electron chi connectivity index (χ0n) is 7.06. The lowest BCUT2D eigenvalue weighted by Crippen LogP contribution is -2.40. The standard InChI is InChI=1S/C7H10N4OS/c12-7(6-5-13-10-8-6)9-11-3-1-2-4-11/h5H,1-4H2,(H,9,12). The molecule has 6 heteroatoms. The first-order valence-corrected chi connectivity index (χ1v) is 5.03. The van der Waals surface area contributed by atoms with Crippen molar-refractivity contribution in [2.45, 2.75) is 12.8 Å². The number of nitrogens with zero attached hydrogens (tertiary/aromatic N) is 3. The molecule has 0 saturated carbocycles. The number of aromatic nitrogens is 2. The smallest absolute Gasteiger partial charge is 0.283 e. The first-order valence-electron chi connectivity index (χ1n) is 4.19. The summed E-state index contributed by atoms with van der Waals surface area (Å²) < 4.78 is 3.63. The van der Waals surface area contributed by atoms with Crippen LogP contribution < -0.4 is 5.43 Å². The van der Waals surface area contributed by atoms with Crippen LogP contribution in [-0.4, -0.2) is 33.6 Å². The van der Waals surface area contributed by atoms with Crippen LogP contribution in [0, 0.1) is 0 Å². The molecule has 1 aromatic heterocycles. The third-order valence-corrected chi connectivity index (χ3v) is 2.46. The normalized spacial score (nSPS) is 17.5. The van der Waals surface area contributed by atoms with E-state index in [9.17, 15) is 4.79 Å². The molecule has 2 heterocycles. The highest BCUT2D eigenvalue weighted by Crippen LogP contribution is 2.05. The van der Waals surface area contributed by atoms with Gasteiger partial charge in [-0.15, -0.1) is 5.10 Å². The lowest BCUT2D eigenvalue weighted by atomic mass is 10.4. The van der Waals surface area contributed by atoms with Gasteiger partial charge < -0.3 is 0 Å². The zero-order chi connectivity index (χ0) is 9.10. The van der Waals surface area contributed by atoms with Gasteiger partial charge in [0, 0.05) is 18.5 Å². The Morgan fingerprint density at radius 2 is 2.31 bits per heavy atom. The molecule has 0 aliphatic carbocycles. The minimum absolute atomic E-state index is 0.157. The quantitative estimate of drug-likeness (QED) is 0.741. The third-order valence-electron chi connectivity index (χ3n) is 1.96. The number of carbonyl (C=O) groups excluding carboxylic acids is 1. The number of hydrogen-bond acceptors (Lipinski definition) is 5. The molecule has 1 saturated heterocycles. The molecule has 1 aliphatic rings. The fraction of sp³-hybridized carbons (Fsp3) is 0.571. The van der Waals surface area contributed by atoms with Crippen molar-refractivity contribution < 1.29 is 4.79 Å². The number of carbonyl (C=O) groups is 1. The summed E-state index contributed by atoms with van der Waals surface area (Å²) in [6.07, 6.45) is 2.30. The van der Waals surface area contributed by atoms with E-state index in [1.807, 2.05) is 5.01 Å². The zero-order valence-corrected chi connectivity index (χ0v) is 7.88. The second-order valence-electron chi connectivity index (χ2n) is 2.93. The summed E-state index contributed by atoms with van der Waals surface area (Å²) in [5.41, 5.74) is 3.18. The molecule has 70 valence electrons. The first kappa shape index (κ1) is 8.58. The van der Waals surface area contributed by atoms with Crippen LogP contribution in [0.5, 0.6) is 0 Å². The summed E-state index contributed by atoms with van der Waals surface area (Å²) >= 11 is 1.19. The van der Waals surface area contributed by atoms with Gasteiger partial charge in [-0.05, 0) is 24.4 Å². The number of hydrazine groups is 1. The van der Waals surface area contributed by atoms with E-state index < -0.39 is 0 Å². The predicted octanol–water partition coefficient (Wildman–Crippen LogP) is 0.279. The van der Waals surface area contributed by atoms with Gasteiger partial charge in [0.2, 0.25) is 0 Å². The highest BCUT2D eigenvalue weighted by Gasteiger charge is 2.16. The number of hydrogen-bond donors (Lipinski definition) is 1. The highest BCUT2D eigenvalue weighted by atomic mass is 32.1. The van der Waals surface area contributed by atoms with Crippen molar-refractivity contribution in [1.82, 2.24) is 20.0 Å². The van der Waals surface area contributed by atoms with Gasteiger partial charge in [-0.3, -0.25) is 10.2 Å². The Kier molecular flexibility index (Phi) is 2.51. The summed E-state index contributed by atoms with van der Waals surface area (Å²) in [7, 11) is 0. The van der Waals surface area contributed by atoms with Crippen LogP contribution in [0.1, 0.15) is 23.3 Å². The molecule has 0 radical (unpaired) electrons. The molecule has 1 amide bonds. The highest BCUT2D eigenvalue weighted by molar-refractivity contribution is 7.03. The Balaban J connectivity index is 1.91. The van der Waals surface area contributed by atoms with E-state index in [1.54, 1.807) is 5.38 Å². The van der Waals surface area contributed by atoms with Crippen molar-refractivity contribution in [3.63, 3.8) is 0 Å². The number of amides is 1. The fourth-order valence-electron chi connectivity index (χ4n) is 1.29. The van der Waals surface area contributed by atoms with Gasteiger partial charge >= 0.3 is 0 Å². The van der Waals surface area contributed by atoms with E-state index in [2.05, 4.69) is 15.0 Å². The van der Waals surface area contributed by atoms with Crippen LogP contribution in [0.2, 0.25) is 0 Å². The maximum atomic E-state index is 11.4. The van der Waals surface area contributed by atoms with Crippen molar-refractivity contribution in [1.29, 1.82) is 0 Å². The van der Waals surface area contributed by atoms with Crippen molar-refractivity contribution >= 4 is 17.4 Å². The summed E-state index contributed by atoms with van der Waals surface area (Å²) in [6, 6.07) is 0. The molecule has 0 unspecified atom stereocenters. The molecule has 2 rings (SSSR count). The average Bonchev–Trinajstić information content (AvgIpc) is 2.74. The van der Waals surface area contributed by atoms with E-state index in [0.717, 1.165) is 25.9 Å². The Morgan fingerprint density at radius 3 is 2.92 bits per heavy atom. The molecule has 0 bridgehead atoms. The predicted molar refractivity (Wildman–Crippen MR) is 48.2 cm³/mol. The van der Waals surface area contributed by atoms with E-state index in [1.165, 1.54) is 11.5 Å². The number of nitrogens with one attached hydrogen (secondary N) is 1. The molecule has 1 aromatic rings. The largest absolute Gasteiger partial charge is 0.287 e. The Morgan fingerprint density at radius 1 is 1.54 bits per heavy atom. The molecule has 1 N–H and O–H groups in total. The minimum Gasteiger partial charge on any atom is -0.283 e. The Labute approximate surface area is 79.9 Å². The van der Waals surface area contributed by atoms with E-state index >= 15 is 0 Å². The molecule has 0 atom stereocenters. The average molecular weight is 198 g/mol. The first-order chi connectivity index (χ1) is 6.36. The maximum absolute atomic E-state index is 11.4. The topological polar surface area (TPSA) is 58.1 Å². The monoisotopic (exact) mass is 198 g/mol. The second-order valence-corrected chi connectivity index (χ2v) is 3.54. The van der Waals surface area contributed by atoms with Gasteiger partial charge in [-0.25, -0.2) is 5.01 Å². The lowest BCUT2D eigenvalue weighted by Gasteiger charge is -2.14. The van der Waals surface area contributed by atoms with Gasteiger partial charge in [-0.2, -0.15) is 0 Å². The molecule has 5 nitrogen and oxygen atoms in total. The van der Waals surface area contributed by atoms with Crippen molar-refractivity contribution in [2.75, 3.05) is 13.1 Å². The molecule has 1 aliphatic heterocycles.